The predicted molar refractivity (Wildman–Crippen MR) is 160 cm³/mol. The monoisotopic (exact) mass is 557 g/mol. The number of benzene rings is 2. The molecule has 1 unspecified atom stereocenters. The summed E-state index contributed by atoms with van der Waals surface area (Å²) in [6.07, 6.45) is 5.29. The lowest BCUT2D eigenvalue weighted by Gasteiger charge is -2.12. The van der Waals surface area contributed by atoms with E-state index < -0.39 is 0 Å². The lowest BCUT2D eigenvalue weighted by molar-refractivity contribution is -0.143. The number of fused-ring (bicyclic) bond motifs is 1. The zero-order chi connectivity index (χ0) is 28.3. The fourth-order valence-corrected chi connectivity index (χ4v) is 4.68. The normalized spacial score (nSPS) is 11.5. The average molecular weight is 558 g/mol. The fraction of sp³-hybridized carbons (Fsp3) is 0.344. The molecule has 2 aromatic carbocycles. The number of rotatable bonds is 13. The Bertz CT molecular complexity index is 1490. The van der Waals surface area contributed by atoms with E-state index in [0.29, 0.717) is 25.6 Å². The van der Waals surface area contributed by atoms with Crippen LogP contribution in [-0.4, -0.2) is 45.8 Å². The maximum atomic E-state index is 12.0. The van der Waals surface area contributed by atoms with Gasteiger partial charge >= 0.3 is 5.97 Å². The summed E-state index contributed by atoms with van der Waals surface area (Å²) in [4.78, 5) is 16.7. The smallest absolute Gasteiger partial charge is 0.307 e. The number of aromatic nitrogens is 3. The number of pyridine rings is 1. The number of hydrogen-bond donors (Lipinski definition) is 0. The minimum atomic E-state index is -0.249. The molecule has 8 heteroatoms. The molecule has 2 heterocycles. The average Bonchev–Trinajstić information content (AvgIpc) is 3.38. The van der Waals surface area contributed by atoms with E-state index in [4.69, 9.17) is 24.3 Å². The van der Waals surface area contributed by atoms with Gasteiger partial charge in [-0.25, -0.2) is 9.50 Å². The van der Waals surface area contributed by atoms with E-state index >= 15 is 0 Å². The molecule has 4 aromatic rings. The summed E-state index contributed by atoms with van der Waals surface area (Å²) in [6, 6.07) is 17.7. The van der Waals surface area contributed by atoms with Crippen LogP contribution in [0.2, 0.25) is 0 Å². The van der Waals surface area contributed by atoms with E-state index in [1.807, 2.05) is 79.5 Å². The van der Waals surface area contributed by atoms with Crippen LogP contribution in [0.3, 0.4) is 0 Å². The van der Waals surface area contributed by atoms with Crippen LogP contribution in [0, 0.1) is 18.8 Å². The van der Waals surface area contributed by atoms with Gasteiger partial charge in [0, 0.05) is 17.3 Å². The molecule has 0 N–H and O–H groups in total. The van der Waals surface area contributed by atoms with Crippen molar-refractivity contribution in [3.05, 3.63) is 77.5 Å². The van der Waals surface area contributed by atoms with Gasteiger partial charge in [0.1, 0.15) is 18.1 Å². The van der Waals surface area contributed by atoms with Crippen molar-refractivity contribution >= 4 is 23.4 Å². The first-order chi connectivity index (χ1) is 19.5. The lowest BCUT2D eigenvalue weighted by atomic mass is 9.96. The van der Waals surface area contributed by atoms with Crippen LogP contribution in [0.4, 0.5) is 0 Å². The first-order valence-electron chi connectivity index (χ1n) is 13.4. The minimum absolute atomic E-state index is 0.209. The quantitative estimate of drug-likeness (QED) is 0.106. The standard InChI is InChI=1S/C32H35N3O4S/c1-5-8-26(20-31(36)37-6-2)25-10-12-27(13-11-25)39-22-24-9-16-30-33-32(34-35(30)21-24)29-15-14-28(19-23(29)3)38-17-7-18-40-4/h9-16,19,21,26H,6-7,17-18,20,22H2,1-4H3. The van der Waals surface area contributed by atoms with Gasteiger partial charge in [0.2, 0.25) is 0 Å². The van der Waals surface area contributed by atoms with E-state index in [0.717, 1.165) is 51.6 Å². The summed E-state index contributed by atoms with van der Waals surface area (Å²) in [5.41, 5.74) is 4.74. The molecule has 0 fully saturated rings. The van der Waals surface area contributed by atoms with Crippen LogP contribution in [0.5, 0.6) is 11.5 Å². The zero-order valence-electron chi connectivity index (χ0n) is 23.5. The summed E-state index contributed by atoms with van der Waals surface area (Å²) in [5.74, 6) is 8.92. The SMILES string of the molecule is CC#CC(CC(=O)OCC)c1ccc(OCc2ccc3nc(-c4ccc(OCCCSC)cc4C)nn3c2)cc1. The highest BCUT2D eigenvalue weighted by Gasteiger charge is 2.15. The molecule has 40 heavy (non-hydrogen) atoms. The Labute approximate surface area is 240 Å². The highest BCUT2D eigenvalue weighted by Crippen LogP contribution is 2.26. The molecule has 0 saturated carbocycles. The Morgan fingerprint density at radius 3 is 2.60 bits per heavy atom. The summed E-state index contributed by atoms with van der Waals surface area (Å²) in [7, 11) is 0. The summed E-state index contributed by atoms with van der Waals surface area (Å²) in [6.45, 7) is 7.08. The Kier molecular flexibility index (Phi) is 10.5. The van der Waals surface area contributed by atoms with Crippen molar-refractivity contribution < 1.29 is 19.0 Å². The molecule has 7 nitrogen and oxygen atoms in total. The van der Waals surface area contributed by atoms with Crippen LogP contribution < -0.4 is 9.47 Å². The van der Waals surface area contributed by atoms with E-state index in [2.05, 4.69) is 18.1 Å². The first-order valence-corrected chi connectivity index (χ1v) is 14.8. The van der Waals surface area contributed by atoms with Gasteiger partial charge in [-0.15, -0.1) is 11.0 Å². The fourth-order valence-electron chi connectivity index (χ4n) is 4.27. The summed E-state index contributed by atoms with van der Waals surface area (Å²) < 4.78 is 18.8. The van der Waals surface area contributed by atoms with Gasteiger partial charge in [-0.2, -0.15) is 11.8 Å². The maximum absolute atomic E-state index is 12.0. The molecule has 0 aliphatic carbocycles. The predicted octanol–water partition coefficient (Wildman–Crippen LogP) is 6.48. The number of hydrogen-bond acceptors (Lipinski definition) is 7. The van der Waals surface area contributed by atoms with Gasteiger partial charge in [-0.3, -0.25) is 4.79 Å². The van der Waals surface area contributed by atoms with Gasteiger partial charge in [-0.05, 0) is 86.7 Å². The second-order valence-corrected chi connectivity index (χ2v) is 10.2. The number of aryl methyl sites for hydroxylation is 1. The van der Waals surface area contributed by atoms with Crippen LogP contribution in [0.15, 0.2) is 60.8 Å². The highest BCUT2D eigenvalue weighted by atomic mass is 32.2. The molecule has 1 atom stereocenters. The van der Waals surface area contributed by atoms with E-state index in [1.165, 1.54) is 0 Å². The van der Waals surface area contributed by atoms with Crippen LogP contribution in [0.1, 0.15) is 49.3 Å². The lowest BCUT2D eigenvalue weighted by Crippen LogP contribution is -2.09. The number of esters is 1. The third kappa shape index (κ3) is 7.80. The number of ether oxygens (including phenoxy) is 3. The van der Waals surface area contributed by atoms with Crippen molar-refractivity contribution in [3.8, 4) is 34.7 Å². The molecule has 0 saturated heterocycles. The van der Waals surface area contributed by atoms with Gasteiger partial charge in [0.25, 0.3) is 0 Å². The topological polar surface area (TPSA) is 75.0 Å². The van der Waals surface area contributed by atoms with Gasteiger partial charge in [0.15, 0.2) is 11.5 Å². The number of thioether (sulfide) groups is 1. The second kappa shape index (κ2) is 14.4. The largest absolute Gasteiger partial charge is 0.494 e. The summed E-state index contributed by atoms with van der Waals surface area (Å²) in [5, 5.41) is 4.72. The van der Waals surface area contributed by atoms with Gasteiger partial charge < -0.3 is 14.2 Å². The van der Waals surface area contributed by atoms with Crippen molar-refractivity contribution in [1.29, 1.82) is 0 Å². The number of carbonyl (C=O) groups is 1. The van der Waals surface area contributed by atoms with Crippen molar-refractivity contribution in [3.63, 3.8) is 0 Å². The van der Waals surface area contributed by atoms with Crippen molar-refractivity contribution in [2.45, 2.75) is 46.1 Å². The van der Waals surface area contributed by atoms with E-state index in [1.54, 1.807) is 18.4 Å². The number of carbonyl (C=O) groups excluding carboxylic acids is 1. The third-order valence-corrected chi connectivity index (χ3v) is 6.97. The minimum Gasteiger partial charge on any atom is -0.494 e. The molecule has 0 aliphatic rings. The van der Waals surface area contributed by atoms with Crippen LogP contribution >= 0.6 is 11.8 Å². The first kappa shape index (κ1) is 29.0. The summed E-state index contributed by atoms with van der Waals surface area (Å²) >= 11 is 1.83. The highest BCUT2D eigenvalue weighted by molar-refractivity contribution is 7.98. The molecule has 2 aromatic heterocycles. The molecule has 0 radical (unpaired) electrons. The molecule has 0 amide bonds. The van der Waals surface area contributed by atoms with Crippen molar-refractivity contribution in [1.82, 2.24) is 14.6 Å². The molecule has 0 aliphatic heterocycles. The van der Waals surface area contributed by atoms with Crippen molar-refractivity contribution in [2.75, 3.05) is 25.2 Å². The Morgan fingerprint density at radius 1 is 1.07 bits per heavy atom. The van der Waals surface area contributed by atoms with Crippen LogP contribution in [-0.2, 0) is 16.1 Å². The molecule has 208 valence electrons. The molecule has 0 bridgehead atoms. The molecule has 4 rings (SSSR count). The molecular formula is C32H35N3O4S. The molecular weight excluding hydrogens is 522 g/mol. The second-order valence-electron chi connectivity index (χ2n) is 9.26. The van der Waals surface area contributed by atoms with Gasteiger partial charge in [0.05, 0.1) is 25.6 Å². The van der Waals surface area contributed by atoms with E-state index in [9.17, 15) is 4.79 Å². The molecule has 0 spiro atoms. The van der Waals surface area contributed by atoms with E-state index in [-0.39, 0.29) is 18.3 Å². The Balaban J connectivity index is 1.39. The maximum Gasteiger partial charge on any atom is 0.307 e. The third-order valence-electron chi connectivity index (χ3n) is 6.28. The Morgan fingerprint density at radius 2 is 1.88 bits per heavy atom. The zero-order valence-corrected chi connectivity index (χ0v) is 24.3. The number of nitrogens with zero attached hydrogens (tertiary/aromatic N) is 3. The van der Waals surface area contributed by atoms with Crippen LogP contribution in [0.25, 0.3) is 17.0 Å². The van der Waals surface area contributed by atoms with Crippen molar-refractivity contribution in [2.24, 2.45) is 0 Å². The Hall–Kier alpha value is -3.96. The van der Waals surface area contributed by atoms with Gasteiger partial charge in [-0.1, -0.05) is 24.1 Å².